The molecule has 1 atom stereocenters. The lowest BCUT2D eigenvalue weighted by Gasteiger charge is -2.24. The van der Waals surface area contributed by atoms with E-state index in [-0.39, 0.29) is 0 Å². The number of hydrogen-bond donors (Lipinski definition) is 1. The predicted octanol–water partition coefficient (Wildman–Crippen LogP) is 4.00. The van der Waals surface area contributed by atoms with Crippen molar-refractivity contribution in [2.45, 2.75) is 26.2 Å². The molecular weight excluding hydrogens is 262 g/mol. The van der Waals surface area contributed by atoms with Crippen molar-refractivity contribution in [2.24, 2.45) is 11.1 Å². The van der Waals surface area contributed by atoms with E-state index in [9.17, 15) is 4.91 Å². The molecule has 1 aromatic carbocycles. The van der Waals surface area contributed by atoms with Crippen molar-refractivity contribution in [3.63, 3.8) is 0 Å². The molecule has 0 fully saturated rings. The number of nitrogens with zero attached hydrogens (tertiary/aromatic N) is 2. The minimum absolute atomic E-state index is 0.345. The van der Waals surface area contributed by atoms with E-state index in [1.54, 1.807) is 0 Å². The molecule has 0 radical (unpaired) electrons. The van der Waals surface area contributed by atoms with Gasteiger partial charge < -0.3 is 5.32 Å². The summed E-state index contributed by atoms with van der Waals surface area (Å²) >= 11 is 0. The van der Waals surface area contributed by atoms with Crippen LogP contribution in [0.5, 0.6) is 0 Å². The van der Waals surface area contributed by atoms with Crippen LogP contribution in [0.3, 0.4) is 0 Å². The summed E-state index contributed by atoms with van der Waals surface area (Å²) in [6, 6.07) is 10.3. The van der Waals surface area contributed by atoms with Crippen LogP contribution >= 0.6 is 0 Å². The Morgan fingerprint density at radius 1 is 1.38 bits per heavy atom. The summed E-state index contributed by atoms with van der Waals surface area (Å²) in [4.78, 5) is 15.0. The average Bonchev–Trinajstić information content (AvgIpc) is 2.48. The van der Waals surface area contributed by atoms with Crippen molar-refractivity contribution in [3.05, 3.63) is 58.3 Å². The first kappa shape index (κ1) is 13.7. The van der Waals surface area contributed by atoms with Crippen LogP contribution in [0.4, 0.5) is 11.4 Å². The summed E-state index contributed by atoms with van der Waals surface area (Å²) in [7, 11) is 0. The zero-order valence-corrected chi connectivity index (χ0v) is 12.2. The van der Waals surface area contributed by atoms with Gasteiger partial charge in [-0.05, 0) is 61.4 Å². The van der Waals surface area contributed by atoms with E-state index < -0.39 is 0 Å². The highest BCUT2D eigenvalue weighted by molar-refractivity contribution is 5.64. The van der Waals surface area contributed by atoms with Crippen LogP contribution in [0, 0.1) is 17.7 Å². The van der Waals surface area contributed by atoms with Crippen LogP contribution in [0.1, 0.15) is 23.2 Å². The lowest BCUT2D eigenvalue weighted by atomic mass is 9.86. The van der Waals surface area contributed by atoms with Crippen molar-refractivity contribution in [3.8, 4) is 0 Å². The second kappa shape index (κ2) is 6.04. The van der Waals surface area contributed by atoms with E-state index in [4.69, 9.17) is 0 Å². The monoisotopic (exact) mass is 281 g/mol. The van der Waals surface area contributed by atoms with Crippen LogP contribution in [-0.4, -0.2) is 11.5 Å². The summed E-state index contributed by atoms with van der Waals surface area (Å²) in [6.45, 7) is 2.48. The molecule has 0 bridgehead atoms. The molecule has 1 N–H and O–H groups in total. The molecule has 0 saturated carbocycles. The van der Waals surface area contributed by atoms with Crippen molar-refractivity contribution in [2.75, 3.05) is 11.9 Å². The van der Waals surface area contributed by atoms with Gasteiger partial charge in [0.05, 0.1) is 6.54 Å². The highest BCUT2D eigenvalue weighted by atomic mass is 16.3. The third kappa shape index (κ3) is 3.10. The number of anilines is 2. The molecule has 0 amide bonds. The van der Waals surface area contributed by atoms with Crippen LogP contribution in [0.15, 0.2) is 41.7 Å². The Bertz CT molecular complexity index is 654. The zero-order valence-electron chi connectivity index (χ0n) is 12.2. The van der Waals surface area contributed by atoms with Crippen molar-refractivity contribution < 1.29 is 0 Å². The van der Waals surface area contributed by atoms with Gasteiger partial charge >= 0.3 is 0 Å². The summed E-state index contributed by atoms with van der Waals surface area (Å²) in [5.41, 5.74) is 5.79. The first-order valence-corrected chi connectivity index (χ1v) is 7.36. The largest absolute Gasteiger partial charge is 0.355 e. The quantitative estimate of drug-likeness (QED) is 0.862. The van der Waals surface area contributed by atoms with E-state index >= 15 is 0 Å². The fourth-order valence-corrected chi connectivity index (χ4v) is 2.97. The van der Waals surface area contributed by atoms with Gasteiger partial charge in [0.25, 0.3) is 0 Å². The van der Waals surface area contributed by atoms with Crippen molar-refractivity contribution in [1.29, 1.82) is 0 Å². The maximum atomic E-state index is 10.5. The molecule has 3 rings (SSSR count). The smallest absolute Gasteiger partial charge is 0.0842 e. The second-order valence-corrected chi connectivity index (χ2v) is 5.70. The van der Waals surface area contributed by atoms with Gasteiger partial charge in [0.15, 0.2) is 0 Å². The Labute approximate surface area is 124 Å². The molecule has 1 aromatic heterocycles. The van der Waals surface area contributed by atoms with Gasteiger partial charge in [-0.25, -0.2) is 0 Å². The first-order chi connectivity index (χ1) is 10.3. The number of aryl methyl sites for hydroxylation is 2. The number of fused-ring (bicyclic) bond motifs is 1. The van der Waals surface area contributed by atoms with E-state index in [2.05, 4.69) is 40.6 Å². The van der Waals surface area contributed by atoms with Crippen LogP contribution < -0.4 is 5.32 Å². The topological polar surface area (TPSA) is 54.4 Å². The number of hydrogen-bond acceptors (Lipinski definition) is 4. The van der Waals surface area contributed by atoms with E-state index in [1.165, 1.54) is 11.1 Å². The molecule has 21 heavy (non-hydrogen) atoms. The standard InChI is InChI=1S/C17H19N3O/c1-12-3-2-4-14(9-12)20-17-7-8-18-16-6-5-13(11-19-21)10-15(16)17/h2-4,7-9,13H,5-6,10-11H2,1H3,(H,18,20). The molecule has 108 valence electrons. The van der Waals surface area contributed by atoms with Gasteiger partial charge in [0, 0.05) is 23.3 Å². The summed E-state index contributed by atoms with van der Waals surface area (Å²) < 4.78 is 0. The number of pyridine rings is 1. The molecule has 4 nitrogen and oxygen atoms in total. The number of nitroso groups, excluding NO2 is 1. The molecule has 1 aliphatic carbocycles. The summed E-state index contributed by atoms with van der Waals surface area (Å²) in [5, 5.41) is 6.55. The third-order valence-electron chi connectivity index (χ3n) is 4.06. The third-order valence-corrected chi connectivity index (χ3v) is 4.06. The van der Waals surface area contributed by atoms with Gasteiger partial charge in [-0.3, -0.25) is 4.98 Å². The lowest BCUT2D eigenvalue weighted by molar-refractivity contribution is 0.464. The lowest BCUT2D eigenvalue weighted by Crippen LogP contribution is -2.19. The van der Waals surface area contributed by atoms with Crippen molar-refractivity contribution in [1.82, 2.24) is 4.98 Å². The first-order valence-electron chi connectivity index (χ1n) is 7.36. The van der Waals surface area contributed by atoms with Crippen LogP contribution in [-0.2, 0) is 12.8 Å². The molecule has 4 heteroatoms. The molecule has 1 aliphatic rings. The Morgan fingerprint density at radius 2 is 2.29 bits per heavy atom. The second-order valence-electron chi connectivity index (χ2n) is 5.70. The normalized spacial score (nSPS) is 17.1. The van der Waals surface area contributed by atoms with E-state index in [0.717, 1.165) is 36.3 Å². The Kier molecular flexibility index (Phi) is 3.95. The van der Waals surface area contributed by atoms with E-state index in [1.807, 2.05) is 18.3 Å². The van der Waals surface area contributed by atoms with Gasteiger partial charge in [-0.2, -0.15) is 4.91 Å². The van der Waals surface area contributed by atoms with Gasteiger partial charge in [-0.15, -0.1) is 0 Å². The molecular formula is C17H19N3O. The average molecular weight is 281 g/mol. The maximum Gasteiger partial charge on any atom is 0.0842 e. The molecule has 1 heterocycles. The van der Waals surface area contributed by atoms with E-state index in [0.29, 0.717) is 12.5 Å². The number of benzene rings is 1. The maximum absolute atomic E-state index is 10.5. The fraction of sp³-hybridized carbons (Fsp3) is 0.353. The number of rotatable bonds is 4. The molecule has 0 saturated heterocycles. The Hall–Kier alpha value is -2.23. The minimum atomic E-state index is 0.345. The molecule has 1 unspecified atom stereocenters. The highest BCUT2D eigenvalue weighted by Gasteiger charge is 2.22. The SMILES string of the molecule is Cc1cccc(Nc2ccnc3c2CC(CN=O)CC3)c1. The molecule has 0 spiro atoms. The van der Waals surface area contributed by atoms with Crippen LogP contribution in [0.2, 0.25) is 0 Å². The number of aromatic nitrogens is 1. The molecule has 2 aromatic rings. The van der Waals surface area contributed by atoms with Gasteiger partial charge in [0.2, 0.25) is 0 Å². The van der Waals surface area contributed by atoms with Gasteiger partial charge in [-0.1, -0.05) is 17.3 Å². The van der Waals surface area contributed by atoms with Crippen molar-refractivity contribution >= 4 is 11.4 Å². The van der Waals surface area contributed by atoms with Crippen LogP contribution in [0.25, 0.3) is 0 Å². The zero-order chi connectivity index (χ0) is 14.7. The Morgan fingerprint density at radius 3 is 3.10 bits per heavy atom. The summed E-state index contributed by atoms with van der Waals surface area (Å²) in [5.74, 6) is 0.345. The fourth-order valence-electron chi connectivity index (χ4n) is 2.97. The molecule has 0 aliphatic heterocycles. The summed E-state index contributed by atoms with van der Waals surface area (Å²) in [6.07, 6.45) is 4.66. The van der Waals surface area contributed by atoms with Gasteiger partial charge in [0.1, 0.15) is 0 Å². The minimum Gasteiger partial charge on any atom is -0.355 e. The highest BCUT2D eigenvalue weighted by Crippen LogP contribution is 2.31. The predicted molar refractivity (Wildman–Crippen MR) is 84.9 cm³/mol. The Balaban J connectivity index is 1.88. The number of nitrogens with one attached hydrogen (secondary N) is 1.